The fraction of sp³-hybridized carbons (Fsp3) is 0.571. The lowest BCUT2D eigenvalue weighted by atomic mass is 10.0. The van der Waals surface area contributed by atoms with E-state index < -0.39 is 26.8 Å². The Morgan fingerprint density at radius 2 is 2.00 bits per heavy atom. The molecule has 1 aliphatic heterocycles. The van der Waals surface area contributed by atoms with Crippen molar-refractivity contribution in [2.75, 3.05) is 6.54 Å². The first kappa shape index (κ1) is 17.6. The van der Waals surface area contributed by atoms with Gasteiger partial charge in [-0.2, -0.15) is 17.5 Å². The summed E-state index contributed by atoms with van der Waals surface area (Å²) < 4.78 is 65.4. The lowest BCUT2D eigenvalue weighted by molar-refractivity contribution is -0.137. The minimum atomic E-state index is -4.69. The number of hydrogen-bond acceptors (Lipinski definition) is 2. The molecule has 8 heteroatoms. The molecular weight excluding hydrogens is 339 g/mol. The summed E-state index contributed by atoms with van der Waals surface area (Å²) in [5.74, 6) is 0. The smallest absolute Gasteiger partial charge is 0.207 e. The van der Waals surface area contributed by atoms with Crippen LogP contribution in [0.15, 0.2) is 23.1 Å². The Labute approximate surface area is 133 Å². The Balaban J connectivity index is 2.45. The number of benzene rings is 1. The van der Waals surface area contributed by atoms with Crippen molar-refractivity contribution < 1.29 is 21.6 Å². The summed E-state index contributed by atoms with van der Waals surface area (Å²) >= 11 is 5.54. The van der Waals surface area contributed by atoms with Crippen LogP contribution in [0.4, 0.5) is 13.2 Å². The molecule has 2 rings (SSSR count). The average molecular weight is 356 g/mol. The average Bonchev–Trinajstić information content (AvgIpc) is 2.46. The highest BCUT2D eigenvalue weighted by molar-refractivity contribution is 7.89. The first-order chi connectivity index (χ1) is 10.2. The number of nitrogens with zero attached hydrogens (tertiary/aromatic N) is 1. The van der Waals surface area contributed by atoms with E-state index in [4.69, 9.17) is 11.6 Å². The third-order valence-electron chi connectivity index (χ3n) is 3.89. The van der Waals surface area contributed by atoms with E-state index in [-0.39, 0.29) is 10.9 Å². The summed E-state index contributed by atoms with van der Waals surface area (Å²) in [5, 5.41) is -0.503. The van der Waals surface area contributed by atoms with Crippen molar-refractivity contribution in [3.8, 4) is 0 Å². The third-order valence-corrected chi connectivity index (χ3v) is 6.17. The van der Waals surface area contributed by atoms with Gasteiger partial charge < -0.3 is 0 Å². The summed E-state index contributed by atoms with van der Waals surface area (Å²) in [6.45, 7) is 2.21. The number of alkyl halides is 3. The van der Waals surface area contributed by atoms with Crippen LogP contribution in [-0.2, 0) is 16.2 Å². The van der Waals surface area contributed by atoms with Gasteiger partial charge in [0.1, 0.15) is 0 Å². The molecule has 1 atom stereocenters. The molecule has 1 fully saturated rings. The fourth-order valence-corrected chi connectivity index (χ4v) is 4.73. The van der Waals surface area contributed by atoms with Crippen LogP contribution in [0, 0.1) is 0 Å². The van der Waals surface area contributed by atoms with Crippen LogP contribution in [0.2, 0.25) is 5.02 Å². The Morgan fingerprint density at radius 1 is 1.32 bits per heavy atom. The summed E-state index contributed by atoms with van der Waals surface area (Å²) in [4.78, 5) is -0.357. The molecule has 0 aromatic heterocycles. The summed E-state index contributed by atoms with van der Waals surface area (Å²) in [6, 6.07) is 2.58. The van der Waals surface area contributed by atoms with Crippen LogP contribution in [-0.4, -0.2) is 25.3 Å². The van der Waals surface area contributed by atoms with Crippen LogP contribution in [0.3, 0.4) is 0 Å². The zero-order valence-corrected chi connectivity index (χ0v) is 13.6. The maximum absolute atomic E-state index is 12.9. The molecule has 1 aromatic carbocycles. The topological polar surface area (TPSA) is 37.4 Å². The van der Waals surface area contributed by atoms with Gasteiger partial charge in [-0.25, -0.2) is 8.42 Å². The number of sulfonamides is 1. The lowest BCUT2D eigenvalue weighted by Crippen LogP contribution is -2.43. The van der Waals surface area contributed by atoms with Crippen LogP contribution < -0.4 is 0 Å². The van der Waals surface area contributed by atoms with Crippen molar-refractivity contribution >= 4 is 21.6 Å². The van der Waals surface area contributed by atoms with Gasteiger partial charge in [0.05, 0.1) is 15.5 Å². The maximum Gasteiger partial charge on any atom is 0.417 e. The van der Waals surface area contributed by atoms with Crippen LogP contribution >= 0.6 is 11.6 Å². The van der Waals surface area contributed by atoms with Gasteiger partial charge in [-0.1, -0.05) is 24.9 Å². The monoisotopic (exact) mass is 355 g/mol. The second-order valence-corrected chi connectivity index (χ2v) is 7.61. The van der Waals surface area contributed by atoms with Crippen LogP contribution in [0.5, 0.6) is 0 Å². The zero-order valence-electron chi connectivity index (χ0n) is 12.0. The van der Waals surface area contributed by atoms with Gasteiger partial charge in [0.15, 0.2) is 0 Å². The van der Waals surface area contributed by atoms with Gasteiger partial charge >= 0.3 is 6.18 Å². The largest absolute Gasteiger partial charge is 0.417 e. The number of halogens is 4. The second-order valence-electron chi connectivity index (χ2n) is 5.31. The highest BCUT2D eigenvalue weighted by atomic mass is 35.5. The van der Waals surface area contributed by atoms with Crippen molar-refractivity contribution in [1.29, 1.82) is 0 Å². The molecule has 0 N–H and O–H groups in total. The van der Waals surface area contributed by atoms with Crippen molar-refractivity contribution in [2.45, 2.75) is 49.7 Å². The van der Waals surface area contributed by atoms with Gasteiger partial charge in [0.2, 0.25) is 10.0 Å². The molecule has 0 unspecified atom stereocenters. The highest BCUT2D eigenvalue weighted by Crippen LogP contribution is 2.37. The van der Waals surface area contributed by atoms with Crippen LogP contribution in [0.1, 0.15) is 38.2 Å². The minimum absolute atomic E-state index is 0.163. The summed E-state index contributed by atoms with van der Waals surface area (Å²) in [6.07, 6.45) is -1.67. The maximum atomic E-state index is 12.9. The summed E-state index contributed by atoms with van der Waals surface area (Å²) in [7, 11) is -3.95. The van der Waals surface area contributed by atoms with E-state index in [2.05, 4.69) is 0 Å². The molecule has 1 saturated heterocycles. The fourth-order valence-electron chi connectivity index (χ4n) is 2.72. The predicted octanol–water partition coefficient (Wildman–Crippen LogP) is 4.31. The van der Waals surface area contributed by atoms with Gasteiger partial charge in [-0.15, -0.1) is 0 Å². The van der Waals surface area contributed by atoms with E-state index >= 15 is 0 Å². The molecule has 1 heterocycles. The molecular formula is C14H17ClF3NO2S. The molecule has 0 bridgehead atoms. The Morgan fingerprint density at radius 3 is 2.59 bits per heavy atom. The summed E-state index contributed by atoms with van der Waals surface area (Å²) in [5.41, 5.74) is -1.12. The van der Waals surface area contributed by atoms with Gasteiger partial charge in [0.25, 0.3) is 0 Å². The van der Waals surface area contributed by atoms with Gasteiger partial charge in [-0.05, 0) is 37.5 Å². The molecule has 0 radical (unpaired) electrons. The first-order valence-corrected chi connectivity index (χ1v) is 8.88. The molecule has 3 nitrogen and oxygen atoms in total. The molecule has 0 aliphatic carbocycles. The normalized spacial score (nSPS) is 21.0. The molecule has 0 spiro atoms. The molecule has 1 aliphatic rings. The standard InChI is InChI=1S/C14H17ClF3NO2S/c1-2-10-5-3-4-8-19(10)22(20,21)11-6-7-13(15)12(9-11)14(16,17)18/h6-7,9-10H,2-5,8H2,1H3/t10-/m1/s1. The number of rotatable bonds is 3. The molecule has 1 aromatic rings. The van der Waals surface area contributed by atoms with Crippen LogP contribution in [0.25, 0.3) is 0 Å². The Hall–Kier alpha value is -0.790. The van der Waals surface area contributed by atoms with E-state index in [1.165, 1.54) is 4.31 Å². The lowest BCUT2D eigenvalue weighted by Gasteiger charge is -2.34. The molecule has 124 valence electrons. The minimum Gasteiger partial charge on any atom is -0.207 e. The van der Waals surface area contributed by atoms with Gasteiger partial charge in [-0.3, -0.25) is 0 Å². The van der Waals surface area contributed by atoms with Crippen molar-refractivity contribution in [2.24, 2.45) is 0 Å². The quantitative estimate of drug-likeness (QED) is 0.810. The van der Waals surface area contributed by atoms with Crippen molar-refractivity contribution in [1.82, 2.24) is 4.31 Å². The Kier molecular flexibility index (Phi) is 5.09. The van der Waals surface area contributed by atoms with E-state index in [0.717, 1.165) is 31.4 Å². The second kappa shape index (κ2) is 6.37. The number of hydrogen-bond donors (Lipinski definition) is 0. The predicted molar refractivity (Wildman–Crippen MR) is 78.3 cm³/mol. The Bertz CT molecular complexity index is 646. The van der Waals surface area contributed by atoms with E-state index in [1.807, 2.05) is 6.92 Å². The third kappa shape index (κ3) is 3.41. The van der Waals surface area contributed by atoms with Gasteiger partial charge in [0, 0.05) is 12.6 Å². The van der Waals surface area contributed by atoms with Crippen molar-refractivity contribution in [3.63, 3.8) is 0 Å². The number of piperidine rings is 1. The highest BCUT2D eigenvalue weighted by Gasteiger charge is 2.37. The molecule has 0 saturated carbocycles. The van der Waals surface area contributed by atoms with E-state index in [1.54, 1.807) is 0 Å². The van der Waals surface area contributed by atoms with E-state index in [0.29, 0.717) is 19.0 Å². The molecule has 22 heavy (non-hydrogen) atoms. The first-order valence-electron chi connectivity index (χ1n) is 7.06. The molecule has 0 amide bonds. The SMILES string of the molecule is CC[C@@H]1CCCCN1S(=O)(=O)c1ccc(Cl)c(C(F)(F)F)c1. The zero-order chi connectivity index (χ0) is 16.5. The van der Waals surface area contributed by atoms with Crippen molar-refractivity contribution in [3.05, 3.63) is 28.8 Å². The van der Waals surface area contributed by atoms with E-state index in [9.17, 15) is 21.6 Å².